The van der Waals surface area contributed by atoms with E-state index in [4.69, 9.17) is 23.2 Å². The summed E-state index contributed by atoms with van der Waals surface area (Å²) >= 11 is 13.0. The van der Waals surface area contributed by atoms with Crippen molar-refractivity contribution in [3.8, 4) is 0 Å². The van der Waals surface area contributed by atoms with Gasteiger partial charge >= 0.3 is 0 Å². The molecule has 0 N–H and O–H groups in total. The highest BCUT2D eigenvalue weighted by Crippen LogP contribution is 2.21. The minimum absolute atomic E-state index is 0.170. The van der Waals surface area contributed by atoms with Crippen LogP contribution in [0.25, 0.3) is 0 Å². The van der Waals surface area contributed by atoms with Crippen molar-refractivity contribution in [2.24, 2.45) is 0 Å². The lowest BCUT2D eigenvalue weighted by atomic mass is 10.4. The van der Waals surface area contributed by atoms with Crippen LogP contribution < -0.4 is 5.56 Å². The molecule has 0 atom stereocenters. The second-order valence-corrected chi connectivity index (χ2v) is 5.09. The third kappa shape index (κ3) is 3.49. The molecule has 0 aliphatic carbocycles. The largest absolute Gasteiger partial charge is 0.301 e. The average molecular weight is 287 g/mol. The van der Waals surface area contributed by atoms with Gasteiger partial charge in [-0.25, -0.2) is 4.98 Å². The van der Waals surface area contributed by atoms with Gasteiger partial charge in [0.2, 0.25) is 0 Å². The number of hydrogen-bond donors (Lipinski definition) is 0. The Morgan fingerprint density at radius 1 is 1.24 bits per heavy atom. The van der Waals surface area contributed by atoms with Crippen molar-refractivity contribution in [3.63, 3.8) is 0 Å². The van der Waals surface area contributed by atoms with E-state index < -0.39 is 0 Å². The van der Waals surface area contributed by atoms with Crippen LogP contribution in [0.3, 0.4) is 0 Å². The van der Waals surface area contributed by atoms with Crippen LogP contribution in [0.5, 0.6) is 0 Å². The fraction of sp³-hybridized carbons (Fsp3) is 0.0909. The van der Waals surface area contributed by atoms with Crippen LogP contribution in [0, 0.1) is 0 Å². The van der Waals surface area contributed by atoms with E-state index in [0.29, 0.717) is 16.1 Å². The van der Waals surface area contributed by atoms with Gasteiger partial charge < -0.3 is 4.57 Å². The first-order chi connectivity index (χ1) is 8.15. The van der Waals surface area contributed by atoms with Crippen LogP contribution in [-0.2, 0) is 5.88 Å². The minimum atomic E-state index is -0.170. The molecule has 6 heteroatoms. The summed E-state index contributed by atoms with van der Waals surface area (Å²) in [5, 5.41) is 1.000. The summed E-state index contributed by atoms with van der Waals surface area (Å²) in [6.07, 6.45) is 2.73. The van der Waals surface area contributed by atoms with Crippen molar-refractivity contribution in [3.05, 3.63) is 57.2 Å². The third-order valence-corrected chi connectivity index (χ3v) is 3.49. The van der Waals surface area contributed by atoms with Crippen LogP contribution in [-0.4, -0.2) is 9.55 Å². The molecule has 0 radical (unpaired) electrons. The molecule has 17 heavy (non-hydrogen) atoms. The van der Waals surface area contributed by atoms with E-state index in [0.717, 1.165) is 4.90 Å². The predicted octanol–water partition coefficient (Wildman–Crippen LogP) is 3.30. The lowest BCUT2D eigenvalue weighted by molar-refractivity contribution is 0.822. The van der Waals surface area contributed by atoms with Crippen LogP contribution in [0.2, 0.25) is 10.2 Å². The Morgan fingerprint density at radius 2 is 1.94 bits per heavy atom. The van der Waals surface area contributed by atoms with Gasteiger partial charge in [0, 0.05) is 16.1 Å². The molecule has 2 rings (SSSR count). The van der Waals surface area contributed by atoms with Crippen molar-refractivity contribution in [2.45, 2.75) is 10.8 Å². The van der Waals surface area contributed by atoms with Gasteiger partial charge in [0.05, 0.1) is 12.1 Å². The van der Waals surface area contributed by atoms with Crippen LogP contribution in [0.15, 0.2) is 46.3 Å². The van der Waals surface area contributed by atoms with E-state index in [2.05, 4.69) is 4.98 Å². The van der Waals surface area contributed by atoms with Crippen molar-refractivity contribution < 1.29 is 0 Å². The monoisotopic (exact) mass is 286 g/mol. The highest BCUT2D eigenvalue weighted by Gasteiger charge is 1.99. The fourth-order valence-corrected chi connectivity index (χ4v) is 2.30. The summed E-state index contributed by atoms with van der Waals surface area (Å²) in [5.74, 6) is 0.489. The topological polar surface area (TPSA) is 34.9 Å². The highest BCUT2D eigenvalue weighted by molar-refractivity contribution is 7.98. The zero-order valence-electron chi connectivity index (χ0n) is 8.64. The molecule has 0 fully saturated rings. The molecule has 0 bridgehead atoms. The fourth-order valence-electron chi connectivity index (χ4n) is 1.19. The molecule has 0 aliphatic rings. The number of aromatic nitrogens is 2. The van der Waals surface area contributed by atoms with Crippen LogP contribution >= 0.6 is 35.0 Å². The van der Waals surface area contributed by atoms with Crippen LogP contribution in [0.4, 0.5) is 0 Å². The maximum Gasteiger partial charge on any atom is 0.269 e. The first-order valence-corrected chi connectivity index (χ1v) is 6.49. The van der Waals surface area contributed by atoms with E-state index in [1.54, 1.807) is 0 Å². The standard InChI is InChI=1S/C11H8Cl2N2OS/c12-8-1-3-9(4-2-8)17-7-15-6-10(13)14-5-11(15)16/h1-6H,7H2. The molecule has 0 unspecified atom stereocenters. The first-order valence-electron chi connectivity index (χ1n) is 4.75. The van der Waals surface area contributed by atoms with Crippen LogP contribution in [0.1, 0.15) is 0 Å². The van der Waals surface area contributed by atoms with Gasteiger partial charge in [-0.3, -0.25) is 4.79 Å². The van der Waals surface area contributed by atoms with Gasteiger partial charge in [0.15, 0.2) is 0 Å². The molecule has 3 nitrogen and oxygen atoms in total. The molecule has 0 saturated carbocycles. The predicted molar refractivity (Wildman–Crippen MR) is 70.8 cm³/mol. The summed E-state index contributed by atoms with van der Waals surface area (Å²) in [5.41, 5.74) is -0.170. The second kappa shape index (κ2) is 5.58. The van der Waals surface area contributed by atoms with E-state index in [1.807, 2.05) is 24.3 Å². The highest BCUT2D eigenvalue weighted by atomic mass is 35.5. The van der Waals surface area contributed by atoms with Crippen molar-refractivity contribution in [1.82, 2.24) is 9.55 Å². The SMILES string of the molecule is O=c1cnc(Cl)cn1CSc1ccc(Cl)cc1. The van der Waals surface area contributed by atoms with Crippen molar-refractivity contribution in [1.29, 1.82) is 0 Å². The summed E-state index contributed by atoms with van der Waals surface area (Å²) < 4.78 is 1.51. The maximum absolute atomic E-state index is 11.5. The maximum atomic E-state index is 11.5. The number of hydrogen-bond acceptors (Lipinski definition) is 3. The Kier molecular flexibility index (Phi) is 4.10. The Hall–Kier alpha value is -0.970. The molecule has 88 valence electrons. The molecular formula is C11H8Cl2N2OS. The van der Waals surface area contributed by atoms with E-state index in [-0.39, 0.29) is 5.56 Å². The molecule has 0 amide bonds. The van der Waals surface area contributed by atoms with Gasteiger partial charge in [-0.05, 0) is 24.3 Å². The lowest BCUT2D eigenvalue weighted by Gasteiger charge is -2.05. The molecular weight excluding hydrogens is 279 g/mol. The molecule has 0 spiro atoms. The summed E-state index contributed by atoms with van der Waals surface area (Å²) in [6, 6.07) is 7.43. The molecule has 0 saturated heterocycles. The van der Waals surface area contributed by atoms with Gasteiger partial charge in [-0.1, -0.05) is 23.2 Å². The van der Waals surface area contributed by atoms with E-state index in [9.17, 15) is 4.79 Å². The van der Waals surface area contributed by atoms with Gasteiger partial charge in [-0.2, -0.15) is 0 Å². The second-order valence-electron chi connectivity index (χ2n) is 3.25. The van der Waals surface area contributed by atoms with Crippen molar-refractivity contribution >= 4 is 35.0 Å². The van der Waals surface area contributed by atoms with Crippen molar-refractivity contribution in [2.75, 3.05) is 0 Å². The Bertz CT molecular complexity index is 568. The number of nitrogens with zero attached hydrogens (tertiary/aromatic N) is 2. The molecule has 1 heterocycles. The Labute approximate surface area is 112 Å². The van der Waals surface area contributed by atoms with E-state index in [1.165, 1.54) is 28.7 Å². The lowest BCUT2D eigenvalue weighted by Crippen LogP contribution is -2.17. The number of benzene rings is 1. The zero-order chi connectivity index (χ0) is 12.3. The quantitative estimate of drug-likeness (QED) is 0.812. The summed E-state index contributed by atoms with van der Waals surface area (Å²) in [6.45, 7) is 0. The summed E-state index contributed by atoms with van der Waals surface area (Å²) in [4.78, 5) is 16.2. The zero-order valence-corrected chi connectivity index (χ0v) is 11.0. The minimum Gasteiger partial charge on any atom is -0.301 e. The van der Waals surface area contributed by atoms with Gasteiger partial charge in [0.25, 0.3) is 5.56 Å². The number of halogens is 2. The summed E-state index contributed by atoms with van der Waals surface area (Å²) in [7, 11) is 0. The average Bonchev–Trinajstić information content (AvgIpc) is 2.32. The number of thioether (sulfide) groups is 1. The first kappa shape index (κ1) is 12.5. The smallest absolute Gasteiger partial charge is 0.269 e. The molecule has 1 aromatic carbocycles. The number of rotatable bonds is 3. The van der Waals surface area contributed by atoms with Gasteiger partial charge in [0.1, 0.15) is 5.15 Å². The molecule has 2 aromatic rings. The van der Waals surface area contributed by atoms with E-state index >= 15 is 0 Å². The molecule has 0 aliphatic heterocycles. The Morgan fingerprint density at radius 3 is 2.65 bits per heavy atom. The third-order valence-electron chi connectivity index (χ3n) is 2.03. The molecule has 1 aromatic heterocycles. The normalized spacial score (nSPS) is 10.5. The van der Waals surface area contributed by atoms with Gasteiger partial charge in [-0.15, -0.1) is 11.8 Å². The Balaban J connectivity index is 2.09.